The molecule has 2 N–H and O–H groups in total. The molecule has 0 saturated carbocycles. The van der Waals surface area contributed by atoms with Crippen LogP contribution in [0.15, 0.2) is 54.6 Å². The molecule has 254 valence electrons. The molecule has 48 heavy (non-hydrogen) atoms. The average molecular weight is 703 g/mol. The fourth-order valence-corrected chi connectivity index (χ4v) is 6.51. The number of carbonyl (C=O) groups excluding carboxylic acids is 3. The molecule has 1 unspecified atom stereocenters. The van der Waals surface area contributed by atoms with Crippen LogP contribution in [-0.2, 0) is 24.5 Å². The second-order valence-electron chi connectivity index (χ2n) is 12.7. The van der Waals surface area contributed by atoms with Crippen LogP contribution in [0.3, 0.4) is 0 Å². The Bertz CT molecular complexity index is 1780. The molecule has 1 aliphatic heterocycles. The topological polar surface area (TPSA) is 127 Å². The lowest BCUT2D eigenvalue weighted by Gasteiger charge is -2.37. The van der Waals surface area contributed by atoms with E-state index in [0.29, 0.717) is 0 Å². The summed E-state index contributed by atoms with van der Waals surface area (Å²) >= 11 is 12.3. The Morgan fingerprint density at radius 3 is 2.40 bits per heavy atom. The van der Waals surface area contributed by atoms with Gasteiger partial charge in [-0.25, -0.2) is 13.6 Å². The summed E-state index contributed by atoms with van der Waals surface area (Å²) in [5.41, 5.74) is -2.18. The molecule has 5 atom stereocenters. The number of nitriles is 1. The molecular formula is C35H35Cl2F2N3O6. The van der Waals surface area contributed by atoms with Crippen LogP contribution in [0.4, 0.5) is 14.5 Å². The molecule has 0 bridgehead atoms. The molecule has 3 aromatic carbocycles. The van der Waals surface area contributed by atoms with Gasteiger partial charge in [0.15, 0.2) is 0 Å². The Kier molecular flexibility index (Phi) is 11.0. The number of nitrogens with one attached hydrogen (secondary N) is 2. The number of rotatable bonds is 9. The van der Waals surface area contributed by atoms with Gasteiger partial charge in [0.05, 0.1) is 35.5 Å². The molecule has 3 aromatic rings. The quantitative estimate of drug-likeness (QED) is 0.176. The Labute approximate surface area is 287 Å². The first-order valence-corrected chi connectivity index (χ1v) is 15.7. The van der Waals surface area contributed by atoms with Crippen LogP contribution < -0.4 is 15.4 Å². The predicted molar refractivity (Wildman–Crippen MR) is 176 cm³/mol. The van der Waals surface area contributed by atoms with Gasteiger partial charge in [-0.2, -0.15) is 5.26 Å². The maximum atomic E-state index is 15.9. The van der Waals surface area contributed by atoms with Gasteiger partial charge < -0.3 is 24.8 Å². The number of carbonyl (C=O) groups is 3. The lowest BCUT2D eigenvalue weighted by molar-refractivity contribution is -0.162. The summed E-state index contributed by atoms with van der Waals surface area (Å²) < 4.78 is 47.2. The van der Waals surface area contributed by atoms with Gasteiger partial charge in [-0.05, 0) is 53.8 Å². The maximum absolute atomic E-state index is 15.9. The Balaban J connectivity index is 1.82. The van der Waals surface area contributed by atoms with Crippen molar-refractivity contribution in [1.82, 2.24) is 5.32 Å². The number of hydrogen-bond donors (Lipinski definition) is 2. The molecule has 0 spiro atoms. The summed E-state index contributed by atoms with van der Waals surface area (Å²) in [6.45, 7) is 8.35. The number of hydrogen-bond acceptors (Lipinski definition) is 8. The van der Waals surface area contributed by atoms with Crippen molar-refractivity contribution in [3.05, 3.63) is 93.0 Å². The van der Waals surface area contributed by atoms with Crippen molar-refractivity contribution >= 4 is 46.7 Å². The molecule has 1 aliphatic rings. The van der Waals surface area contributed by atoms with Gasteiger partial charge >= 0.3 is 11.9 Å². The molecule has 1 heterocycles. The minimum Gasteiger partial charge on any atom is -0.495 e. The monoisotopic (exact) mass is 701 g/mol. The molecule has 1 amide bonds. The lowest BCUT2D eigenvalue weighted by Crippen LogP contribution is -2.45. The van der Waals surface area contributed by atoms with E-state index in [1.807, 2.05) is 20.8 Å². The van der Waals surface area contributed by atoms with E-state index in [-0.39, 0.29) is 44.6 Å². The van der Waals surface area contributed by atoms with E-state index in [4.69, 9.17) is 37.4 Å². The highest BCUT2D eigenvalue weighted by atomic mass is 35.5. The second kappa shape index (κ2) is 14.5. The van der Waals surface area contributed by atoms with Crippen molar-refractivity contribution in [2.75, 3.05) is 12.4 Å². The number of esters is 2. The van der Waals surface area contributed by atoms with E-state index in [0.717, 1.165) is 6.07 Å². The zero-order valence-corrected chi connectivity index (χ0v) is 28.6. The van der Waals surface area contributed by atoms with Crippen LogP contribution in [0.5, 0.6) is 5.75 Å². The molecule has 0 aromatic heterocycles. The Morgan fingerprint density at radius 2 is 1.79 bits per heavy atom. The number of ether oxygens (including phenoxy) is 3. The minimum atomic E-state index is -1.81. The third kappa shape index (κ3) is 7.57. The highest BCUT2D eigenvalue weighted by molar-refractivity contribution is 6.31. The van der Waals surface area contributed by atoms with Gasteiger partial charge in [-0.3, -0.25) is 9.59 Å². The van der Waals surface area contributed by atoms with Gasteiger partial charge in [0.1, 0.15) is 22.8 Å². The first-order valence-electron chi connectivity index (χ1n) is 15.0. The smallest absolute Gasteiger partial charge is 0.341 e. The van der Waals surface area contributed by atoms with E-state index in [2.05, 4.69) is 16.7 Å². The Morgan fingerprint density at radius 1 is 1.08 bits per heavy atom. The summed E-state index contributed by atoms with van der Waals surface area (Å²) in [5, 5.41) is 16.9. The van der Waals surface area contributed by atoms with Crippen molar-refractivity contribution in [3.63, 3.8) is 0 Å². The van der Waals surface area contributed by atoms with Crippen molar-refractivity contribution < 1.29 is 37.4 Å². The number of benzene rings is 3. The SMILES string of the molecule is COc1cc(C(=O)OC(C)OC(C)=O)ccc1NC(=O)[C@@H]1N[C@@H](CC(C)(C)C)[C@](C#N)(c2ccc(Cl)cc2F)[C@H]1c1cccc(Cl)c1F. The first kappa shape index (κ1) is 36.6. The predicted octanol–water partition coefficient (Wildman–Crippen LogP) is 7.31. The van der Waals surface area contributed by atoms with Crippen LogP contribution in [0.25, 0.3) is 0 Å². The molecule has 4 rings (SSSR count). The molecule has 0 radical (unpaired) electrons. The van der Waals surface area contributed by atoms with Crippen LogP contribution in [-0.4, -0.2) is 43.3 Å². The van der Waals surface area contributed by atoms with Crippen LogP contribution >= 0.6 is 23.2 Å². The van der Waals surface area contributed by atoms with E-state index < -0.39 is 64.6 Å². The molecular weight excluding hydrogens is 667 g/mol. The Hall–Kier alpha value is -4.24. The number of amides is 1. The van der Waals surface area contributed by atoms with E-state index in [9.17, 15) is 19.6 Å². The molecule has 0 aliphatic carbocycles. The average Bonchev–Trinajstić information content (AvgIpc) is 3.31. The van der Waals surface area contributed by atoms with Crippen molar-refractivity contribution in [1.29, 1.82) is 5.26 Å². The number of methoxy groups -OCH3 is 1. The van der Waals surface area contributed by atoms with Crippen LogP contribution in [0, 0.1) is 28.4 Å². The lowest BCUT2D eigenvalue weighted by atomic mass is 9.62. The summed E-state index contributed by atoms with van der Waals surface area (Å²) in [6, 6.07) is 12.4. The summed E-state index contributed by atoms with van der Waals surface area (Å²) in [7, 11) is 1.32. The van der Waals surface area contributed by atoms with Crippen LogP contribution in [0.2, 0.25) is 10.0 Å². The zero-order valence-electron chi connectivity index (χ0n) is 27.1. The summed E-state index contributed by atoms with van der Waals surface area (Å²) in [5.74, 6) is -4.99. The van der Waals surface area contributed by atoms with E-state index in [1.54, 1.807) is 0 Å². The van der Waals surface area contributed by atoms with Gasteiger partial charge in [-0.1, -0.05) is 62.2 Å². The largest absolute Gasteiger partial charge is 0.495 e. The third-order valence-corrected chi connectivity index (χ3v) is 8.56. The van der Waals surface area contributed by atoms with Crippen molar-refractivity contribution in [3.8, 4) is 11.8 Å². The normalized spacial score (nSPS) is 21.1. The zero-order chi connectivity index (χ0) is 35.6. The molecule has 1 saturated heterocycles. The van der Waals surface area contributed by atoms with Crippen molar-refractivity contribution in [2.45, 2.75) is 70.7 Å². The fraction of sp³-hybridized carbons (Fsp3) is 0.371. The molecule has 13 heteroatoms. The fourth-order valence-electron chi connectivity index (χ4n) is 6.17. The highest BCUT2D eigenvalue weighted by Gasteiger charge is 2.61. The van der Waals surface area contributed by atoms with Gasteiger partial charge in [0.25, 0.3) is 0 Å². The number of anilines is 1. The maximum Gasteiger partial charge on any atom is 0.341 e. The minimum absolute atomic E-state index is 0.0358. The molecule has 1 fully saturated rings. The second-order valence-corrected chi connectivity index (χ2v) is 13.5. The van der Waals surface area contributed by atoms with E-state index >= 15 is 8.78 Å². The van der Waals surface area contributed by atoms with Crippen LogP contribution in [0.1, 0.15) is 68.4 Å². The molecule has 9 nitrogen and oxygen atoms in total. The highest BCUT2D eigenvalue weighted by Crippen LogP contribution is 2.53. The summed E-state index contributed by atoms with van der Waals surface area (Å²) in [4.78, 5) is 38.1. The standard InChI is InChI=1S/C35H35Cl2F2N3O6/c1-18(43)47-19(2)48-33(45)20-10-13-26(27(14-20)46-6)41-32(44)31-29(22-8-7-9-24(37)30(22)39)35(17-40,28(42-31)16-34(3,4)5)23-12-11-21(36)15-25(23)38/h7-15,19,28-29,31,42H,16H2,1-6H3,(H,41,44)/t19?,28-,29-,31+,35-/m0/s1. The van der Waals surface area contributed by atoms with Gasteiger partial charge in [0, 0.05) is 36.4 Å². The van der Waals surface area contributed by atoms with Gasteiger partial charge in [-0.15, -0.1) is 0 Å². The van der Waals surface area contributed by atoms with E-state index in [1.165, 1.54) is 69.5 Å². The third-order valence-electron chi connectivity index (χ3n) is 8.03. The summed E-state index contributed by atoms with van der Waals surface area (Å²) in [6.07, 6.45) is -0.860. The van der Waals surface area contributed by atoms with Crippen molar-refractivity contribution in [2.24, 2.45) is 5.41 Å². The number of halogens is 4. The number of nitrogens with zero attached hydrogens (tertiary/aromatic N) is 1. The van der Waals surface area contributed by atoms with Gasteiger partial charge in [0.2, 0.25) is 12.2 Å². The first-order chi connectivity index (χ1) is 22.5.